The molecule has 0 radical (unpaired) electrons. The third-order valence-corrected chi connectivity index (χ3v) is 5.24. The van der Waals surface area contributed by atoms with Gasteiger partial charge in [-0.3, -0.25) is 9.78 Å². The topological polar surface area (TPSA) is 86.1 Å². The van der Waals surface area contributed by atoms with E-state index in [1.807, 2.05) is 37.3 Å². The SMILES string of the molecule is Cc1ccc(Cl)cc1NC(=O)[C@H](C)OC(=O)c1cn(-c2ccccc2)nc1-c1cccnc1. The van der Waals surface area contributed by atoms with Gasteiger partial charge < -0.3 is 10.1 Å². The van der Waals surface area contributed by atoms with Crippen molar-refractivity contribution in [2.24, 2.45) is 0 Å². The molecule has 2 aromatic carbocycles. The van der Waals surface area contributed by atoms with E-state index in [-0.39, 0.29) is 5.56 Å². The minimum atomic E-state index is -1.04. The highest BCUT2D eigenvalue weighted by atomic mass is 35.5. The number of halogens is 1. The summed E-state index contributed by atoms with van der Waals surface area (Å²) in [6.45, 7) is 3.36. The number of anilines is 1. The van der Waals surface area contributed by atoms with Crippen LogP contribution < -0.4 is 5.32 Å². The molecule has 166 valence electrons. The zero-order valence-electron chi connectivity index (χ0n) is 18.0. The molecule has 0 unspecified atom stereocenters. The van der Waals surface area contributed by atoms with Gasteiger partial charge in [0, 0.05) is 34.9 Å². The lowest BCUT2D eigenvalue weighted by molar-refractivity contribution is -0.123. The van der Waals surface area contributed by atoms with Crippen LogP contribution in [0.25, 0.3) is 16.9 Å². The predicted octanol–water partition coefficient (Wildman–Crippen LogP) is 5.08. The summed E-state index contributed by atoms with van der Waals surface area (Å²) in [6, 6.07) is 18.1. The Labute approximate surface area is 196 Å². The van der Waals surface area contributed by atoms with Crippen molar-refractivity contribution in [3.63, 3.8) is 0 Å². The van der Waals surface area contributed by atoms with Crippen LogP contribution in [-0.4, -0.2) is 32.7 Å². The Hall–Kier alpha value is -3.97. The number of nitrogens with zero attached hydrogens (tertiary/aromatic N) is 3. The summed E-state index contributed by atoms with van der Waals surface area (Å²) in [4.78, 5) is 29.9. The molecule has 1 amide bonds. The zero-order chi connectivity index (χ0) is 23.4. The summed E-state index contributed by atoms with van der Waals surface area (Å²) in [6.07, 6.45) is 3.80. The maximum absolute atomic E-state index is 13.1. The summed E-state index contributed by atoms with van der Waals surface area (Å²) < 4.78 is 7.09. The molecule has 0 bridgehead atoms. The van der Waals surface area contributed by atoms with Gasteiger partial charge in [0.25, 0.3) is 5.91 Å². The van der Waals surface area contributed by atoms with Gasteiger partial charge in [0.1, 0.15) is 11.3 Å². The van der Waals surface area contributed by atoms with E-state index in [2.05, 4.69) is 15.4 Å². The summed E-state index contributed by atoms with van der Waals surface area (Å²) in [5.41, 5.74) is 3.48. The van der Waals surface area contributed by atoms with E-state index in [1.54, 1.807) is 53.6 Å². The minimum Gasteiger partial charge on any atom is -0.449 e. The Morgan fingerprint density at radius 2 is 1.88 bits per heavy atom. The number of benzene rings is 2. The van der Waals surface area contributed by atoms with E-state index in [1.165, 1.54) is 6.92 Å². The number of ether oxygens (including phenoxy) is 1. The Morgan fingerprint density at radius 1 is 1.09 bits per heavy atom. The Kier molecular flexibility index (Phi) is 6.51. The maximum Gasteiger partial charge on any atom is 0.342 e. The number of aromatic nitrogens is 3. The van der Waals surface area contributed by atoms with Crippen LogP contribution in [0.3, 0.4) is 0 Å². The van der Waals surface area contributed by atoms with Gasteiger partial charge in [-0.25, -0.2) is 9.48 Å². The second-order valence-corrected chi connectivity index (χ2v) is 7.85. The van der Waals surface area contributed by atoms with E-state index in [4.69, 9.17) is 16.3 Å². The van der Waals surface area contributed by atoms with Gasteiger partial charge in [-0.2, -0.15) is 5.10 Å². The Bertz CT molecular complexity index is 1290. The molecule has 4 rings (SSSR count). The highest BCUT2D eigenvalue weighted by Gasteiger charge is 2.25. The molecule has 0 saturated heterocycles. The number of pyridine rings is 1. The van der Waals surface area contributed by atoms with Gasteiger partial charge in [0.05, 0.1) is 5.69 Å². The maximum atomic E-state index is 13.1. The molecule has 33 heavy (non-hydrogen) atoms. The monoisotopic (exact) mass is 460 g/mol. The quantitative estimate of drug-likeness (QED) is 0.405. The van der Waals surface area contributed by atoms with E-state index < -0.39 is 18.0 Å². The van der Waals surface area contributed by atoms with Crippen LogP contribution in [0.1, 0.15) is 22.8 Å². The van der Waals surface area contributed by atoms with Crippen LogP contribution >= 0.6 is 11.6 Å². The van der Waals surface area contributed by atoms with Crippen molar-refractivity contribution in [1.29, 1.82) is 0 Å². The number of esters is 1. The molecule has 8 heteroatoms. The van der Waals surface area contributed by atoms with Crippen molar-refractivity contribution in [2.75, 3.05) is 5.32 Å². The molecule has 4 aromatic rings. The fourth-order valence-electron chi connectivity index (χ4n) is 3.19. The average molecular weight is 461 g/mol. The standard InChI is InChI=1S/C25H21ClN4O3/c1-16-10-11-19(26)13-22(16)28-24(31)17(2)33-25(32)21-15-30(20-8-4-3-5-9-20)29-23(21)18-7-6-12-27-14-18/h3-15,17H,1-2H3,(H,28,31)/t17-/m0/s1. The van der Waals surface area contributed by atoms with Crippen molar-refractivity contribution in [1.82, 2.24) is 14.8 Å². The van der Waals surface area contributed by atoms with Gasteiger partial charge in [0.15, 0.2) is 6.10 Å². The number of hydrogen-bond donors (Lipinski definition) is 1. The molecular formula is C25H21ClN4O3. The molecule has 0 aliphatic carbocycles. The minimum absolute atomic E-state index is 0.227. The fourth-order valence-corrected chi connectivity index (χ4v) is 3.37. The molecular weight excluding hydrogens is 440 g/mol. The number of nitrogens with one attached hydrogen (secondary N) is 1. The second-order valence-electron chi connectivity index (χ2n) is 7.41. The van der Waals surface area contributed by atoms with E-state index in [9.17, 15) is 9.59 Å². The molecule has 0 fully saturated rings. The number of aryl methyl sites for hydroxylation is 1. The normalized spacial score (nSPS) is 11.6. The number of carbonyl (C=O) groups excluding carboxylic acids is 2. The van der Waals surface area contributed by atoms with Crippen LogP contribution in [0.5, 0.6) is 0 Å². The van der Waals surface area contributed by atoms with Gasteiger partial charge in [-0.1, -0.05) is 35.9 Å². The largest absolute Gasteiger partial charge is 0.449 e. The van der Waals surface area contributed by atoms with Gasteiger partial charge in [-0.15, -0.1) is 0 Å². The smallest absolute Gasteiger partial charge is 0.342 e. The second kappa shape index (κ2) is 9.67. The van der Waals surface area contributed by atoms with E-state index >= 15 is 0 Å². The fraction of sp³-hybridized carbons (Fsp3) is 0.120. The molecule has 7 nitrogen and oxygen atoms in total. The first kappa shape index (κ1) is 22.2. The average Bonchev–Trinajstić information content (AvgIpc) is 3.28. The van der Waals surface area contributed by atoms with Crippen molar-refractivity contribution < 1.29 is 14.3 Å². The van der Waals surface area contributed by atoms with Crippen molar-refractivity contribution >= 4 is 29.2 Å². The number of amides is 1. The van der Waals surface area contributed by atoms with Gasteiger partial charge >= 0.3 is 5.97 Å². The molecule has 0 saturated carbocycles. The van der Waals surface area contributed by atoms with Gasteiger partial charge in [0.2, 0.25) is 0 Å². The summed E-state index contributed by atoms with van der Waals surface area (Å²) >= 11 is 6.02. The number of rotatable bonds is 6. The zero-order valence-corrected chi connectivity index (χ0v) is 18.8. The number of carbonyl (C=O) groups is 2. The van der Waals surface area contributed by atoms with Crippen LogP contribution in [0.4, 0.5) is 5.69 Å². The Morgan fingerprint density at radius 3 is 2.61 bits per heavy atom. The first-order chi connectivity index (χ1) is 15.9. The lowest BCUT2D eigenvalue weighted by Gasteiger charge is -2.15. The van der Waals surface area contributed by atoms with Crippen molar-refractivity contribution in [3.05, 3.63) is 95.4 Å². The molecule has 1 N–H and O–H groups in total. The third-order valence-electron chi connectivity index (χ3n) is 5.00. The van der Waals surface area contributed by atoms with Crippen LogP contribution in [-0.2, 0) is 9.53 Å². The molecule has 2 heterocycles. The van der Waals surface area contributed by atoms with Crippen LogP contribution in [0, 0.1) is 6.92 Å². The summed E-state index contributed by atoms with van der Waals surface area (Å²) in [7, 11) is 0. The highest BCUT2D eigenvalue weighted by molar-refractivity contribution is 6.31. The highest BCUT2D eigenvalue weighted by Crippen LogP contribution is 2.25. The molecule has 1 atom stereocenters. The predicted molar refractivity (Wildman–Crippen MR) is 126 cm³/mol. The summed E-state index contributed by atoms with van der Waals surface area (Å²) in [5, 5.41) is 7.82. The van der Waals surface area contributed by atoms with Crippen LogP contribution in [0.15, 0.2) is 79.3 Å². The Balaban J connectivity index is 1.58. The molecule has 0 aliphatic heterocycles. The van der Waals surface area contributed by atoms with E-state index in [0.717, 1.165) is 11.3 Å². The third kappa shape index (κ3) is 5.10. The van der Waals surface area contributed by atoms with E-state index in [0.29, 0.717) is 22.0 Å². The molecule has 0 aliphatic rings. The molecule has 0 spiro atoms. The van der Waals surface area contributed by atoms with Crippen LogP contribution in [0.2, 0.25) is 5.02 Å². The number of para-hydroxylation sites is 1. The summed E-state index contributed by atoms with van der Waals surface area (Å²) in [5.74, 6) is -1.13. The number of hydrogen-bond acceptors (Lipinski definition) is 5. The van der Waals surface area contributed by atoms with Crippen molar-refractivity contribution in [3.8, 4) is 16.9 Å². The first-order valence-corrected chi connectivity index (χ1v) is 10.6. The lowest BCUT2D eigenvalue weighted by atomic mass is 10.1. The van der Waals surface area contributed by atoms with Crippen molar-refractivity contribution in [2.45, 2.75) is 20.0 Å². The van der Waals surface area contributed by atoms with Gasteiger partial charge in [-0.05, 0) is 55.8 Å². The first-order valence-electron chi connectivity index (χ1n) is 10.3. The lowest BCUT2D eigenvalue weighted by Crippen LogP contribution is -2.30. The molecule has 2 aromatic heterocycles.